The van der Waals surface area contributed by atoms with Crippen LogP contribution in [0.5, 0.6) is 5.88 Å². The Morgan fingerprint density at radius 2 is 2.05 bits per heavy atom. The molecule has 19 heavy (non-hydrogen) atoms. The van der Waals surface area contributed by atoms with E-state index < -0.39 is 0 Å². The van der Waals surface area contributed by atoms with Gasteiger partial charge in [-0.2, -0.15) is 4.98 Å². The quantitative estimate of drug-likeness (QED) is 0.675. The average Bonchev–Trinajstić information content (AvgIpc) is 2.38. The van der Waals surface area contributed by atoms with Crippen LogP contribution in [0.15, 0.2) is 6.07 Å². The molecule has 0 aliphatic heterocycles. The zero-order valence-electron chi connectivity index (χ0n) is 12.3. The topological polar surface area (TPSA) is 59.5 Å². The maximum atomic E-state index is 5.53. The van der Waals surface area contributed by atoms with E-state index in [0.717, 1.165) is 31.2 Å². The van der Waals surface area contributed by atoms with Crippen molar-refractivity contribution in [3.63, 3.8) is 0 Å². The zero-order chi connectivity index (χ0) is 14.1. The molecule has 0 aromatic carbocycles. The number of nitrogens with one attached hydrogen (secondary N) is 1. The van der Waals surface area contributed by atoms with Gasteiger partial charge >= 0.3 is 0 Å². The highest BCUT2D eigenvalue weighted by molar-refractivity contribution is 5.38. The third-order valence-corrected chi connectivity index (χ3v) is 2.47. The summed E-state index contributed by atoms with van der Waals surface area (Å²) >= 11 is 0. The summed E-state index contributed by atoms with van der Waals surface area (Å²) in [5, 5.41) is 3.28. The molecule has 0 bridgehead atoms. The van der Waals surface area contributed by atoms with Gasteiger partial charge in [0.1, 0.15) is 18.2 Å². The molecule has 0 saturated heterocycles. The monoisotopic (exact) mass is 268 g/mol. The Kier molecular flexibility index (Phi) is 7.14. The van der Waals surface area contributed by atoms with Crippen LogP contribution in [0.2, 0.25) is 0 Å². The molecular formula is C13H24N4O2. The summed E-state index contributed by atoms with van der Waals surface area (Å²) in [5.41, 5.74) is 0. The lowest BCUT2D eigenvalue weighted by Crippen LogP contribution is -2.21. The van der Waals surface area contributed by atoms with Crippen molar-refractivity contribution in [1.29, 1.82) is 0 Å². The molecule has 0 aliphatic rings. The second kappa shape index (κ2) is 8.66. The summed E-state index contributed by atoms with van der Waals surface area (Å²) in [4.78, 5) is 10.9. The highest BCUT2D eigenvalue weighted by atomic mass is 16.5. The molecule has 0 saturated carbocycles. The van der Waals surface area contributed by atoms with E-state index >= 15 is 0 Å². The SMILES string of the molecule is CCc1nc(NCCN(C)C)cc(OCCOC)n1. The van der Waals surface area contributed by atoms with E-state index in [2.05, 4.69) is 20.2 Å². The van der Waals surface area contributed by atoms with Crippen molar-refractivity contribution >= 4 is 5.82 Å². The predicted molar refractivity (Wildman–Crippen MR) is 75.8 cm³/mol. The standard InChI is InChI=1S/C13H24N4O2/c1-5-11-15-12(14-6-7-17(2)3)10-13(16-11)19-9-8-18-4/h10H,5-9H2,1-4H3,(H,14,15,16). The van der Waals surface area contributed by atoms with Crippen molar-refractivity contribution in [3.8, 4) is 5.88 Å². The summed E-state index contributed by atoms with van der Waals surface area (Å²) in [6, 6.07) is 1.82. The fraction of sp³-hybridized carbons (Fsp3) is 0.692. The number of aromatic nitrogens is 2. The van der Waals surface area contributed by atoms with Crippen LogP contribution in [0.1, 0.15) is 12.7 Å². The van der Waals surface area contributed by atoms with Crippen molar-refractivity contribution < 1.29 is 9.47 Å². The van der Waals surface area contributed by atoms with E-state index in [1.54, 1.807) is 7.11 Å². The first-order valence-electron chi connectivity index (χ1n) is 6.54. The second-order valence-electron chi connectivity index (χ2n) is 4.43. The van der Waals surface area contributed by atoms with Crippen LogP contribution >= 0.6 is 0 Å². The molecule has 1 N–H and O–H groups in total. The fourth-order valence-electron chi connectivity index (χ4n) is 1.43. The van der Waals surface area contributed by atoms with Gasteiger partial charge in [0.05, 0.1) is 6.61 Å². The Labute approximate surface area is 115 Å². The van der Waals surface area contributed by atoms with Gasteiger partial charge in [-0.1, -0.05) is 6.92 Å². The number of hydrogen-bond acceptors (Lipinski definition) is 6. The van der Waals surface area contributed by atoms with Gasteiger partial charge in [-0.25, -0.2) is 4.98 Å². The van der Waals surface area contributed by atoms with Gasteiger partial charge < -0.3 is 19.7 Å². The average molecular weight is 268 g/mol. The predicted octanol–water partition coefficient (Wildman–Crippen LogP) is 1.04. The van der Waals surface area contributed by atoms with E-state index in [0.29, 0.717) is 19.1 Å². The van der Waals surface area contributed by atoms with Gasteiger partial charge in [0.25, 0.3) is 0 Å². The van der Waals surface area contributed by atoms with Crippen LogP contribution in [-0.2, 0) is 11.2 Å². The van der Waals surface area contributed by atoms with Crippen LogP contribution in [0.3, 0.4) is 0 Å². The van der Waals surface area contributed by atoms with Gasteiger partial charge in [-0.3, -0.25) is 0 Å². The van der Waals surface area contributed by atoms with Crippen LogP contribution in [0.25, 0.3) is 0 Å². The molecule has 108 valence electrons. The summed E-state index contributed by atoms with van der Waals surface area (Å²) in [7, 11) is 5.73. The fourth-order valence-corrected chi connectivity index (χ4v) is 1.43. The maximum absolute atomic E-state index is 5.53. The summed E-state index contributed by atoms with van der Waals surface area (Å²) in [6.07, 6.45) is 0.782. The number of anilines is 1. The van der Waals surface area contributed by atoms with Crippen molar-refractivity contribution in [1.82, 2.24) is 14.9 Å². The van der Waals surface area contributed by atoms with Crippen molar-refractivity contribution in [2.75, 3.05) is 52.8 Å². The lowest BCUT2D eigenvalue weighted by Gasteiger charge is -2.12. The minimum atomic E-state index is 0.494. The molecule has 0 amide bonds. The first-order valence-corrected chi connectivity index (χ1v) is 6.54. The minimum Gasteiger partial charge on any atom is -0.475 e. The normalized spacial score (nSPS) is 10.8. The lowest BCUT2D eigenvalue weighted by molar-refractivity contribution is 0.143. The molecule has 0 unspecified atom stereocenters. The smallest absolute Gasteiger partial charge is 0.218 e. The van der Waals surface area contributed by atoms with E-state index in [4.69, 9.17) is 9.47 Å². The number of ether oxygens (including phenoxy) is 2. The van der Waals surface area contributed by atoms with E-state index in [1.165, 1.54) is 0 Å². The van der Waals surface area contributed by atoms with Crippen LogP contribution in [0.4, 0.5) is 5.82 Å². The Hall–Kier alpha value is -1.40. The molecule has 0 atom stereocenters. The molecule has 6 heteroatoms. The van der Waals surface area contributed by atoms with Crippen LogP contribution < -0.4 is 10.1 Å². The molecular weight excluding hydrogens is 244 g/mol. The van der Waals surface area contributed by atoms with Crippen LogP contribution in [-0.4, -0.2) is 62.4 Å². The Bertz CT molecular complexity index is 372. The van der Waals surface area contributed by atoms with Crippen molar-refractivity contribution in [2.24, 2.45) is 0 Å². The molecule has 0 radical (unpaired) electrons. The molecule has 0 fully saturated rings. The molecule has 0 aliphatic carbocycles. The van der Waals surface area contributed by atoms with Gasteiger partial charge in [-0.05, 0) is 14.1 Å². The molecule has 0 spiro atoms. The molecule has 1 rings (SSSR count). The van der Waals surface area contributed by atoms with Gasteiger partial charge in [0.2, 0.25) is 5.88 Å². The first kappa shape index (κ1) is 15.7. The zero-order valence-corrected chi connectivity index (χ0v) is 12.3. The van der Waals surface area contributed by atoms with Crippen molar-refractivity contribution in [2.45, 2.75) is 13.3 Å². The molecule has 6 nitrogen and oxygen atoms in total. The third kappa shape index (κ3) is 6.35. The molecule has 1 aromatic rings. The summed E-state index contributed by atoms with van der Waals surface area (Å²) in [5.74, 6) is 2.18. The Morgan fingerprint density at radius 3 is 2.68 bits per heavy atom. The van der Waals surface area contributed by atoms with E-state index in [9.17, 15) is 0 Å². The summed E-state index contributed by atoms with van der Waals surface area (Å²) in [6.45, 7) is 4.86. The largest absolute Gasteiger partial charge is 0.475 e. The van der Waals surface area contributed by atoms with Gasteiger partial charge in [-0.15, -0.1) is 0 Å². The number of hydrogen-bond donors (Lipinski definition) is 1. The van der Waals surface area contributed by atoms with Crippen LogP contribution in [0, 0.1) is 0 Å². The second-order valence-corrected chi connectivity index (χ2v) is 4.43. The first-order chi connectivity index (χ1) is 9.15. The van der Waals surface area contributed by atoms with Crippen molar-refractivity contribution in [3.05, 3.63) is 11.9 Å². The number of aryl methyl sites for hydroxylation is 1. The van der Waals surface area contributed by atoms with Gasteiger partial charge in [0.15, 0.2) is 0 Å². The van der Waals surface area contributed by atoms with E-state index in [1.807, 2.05) is 27.1 Å². The molecule has 1 aromatic heterocycles. The van der Waals surface area contributed by atoms with E-state index in [-0.39, 0.29) is 0 Å². The highest BCUT2D eigenvalue weighted by Crippen LogP contribution is 2.13. The maximum Gasteiger partial charge on any atom is 0.218 e. The Balaban J connectivity index is 2.60. The number of nitrogens with zero attached hydrogens (tertiary/aromatic N) is 3. The third-order valence-electron chi connectivity index (χ3n) is 2.47. The minimum absolute atomic E-state index is 0.494. The molecule has 1 heterocycles. The highest BCUT2D eigenvalue weighted by Gasteiger charge is 2.04. The number of rotatable bonds is 9. The lowest BCUT2D eigenvalue weighted by atomic mass is 10.4. The number of methoxy groups -OCH3 is 1. The summed E-state index contributed by atoms with van der Waals surface area (Å²) < 4.78 is 10.5. The number of likely N-dealkylation sites (N-methyl/N-ethyl adjacent to an activating group) is 1. The Morgan fingerprint density at radius 1 is 1.26 bits per heavy atom. The van der Waals surface area contributed by atoms with Gasteiger partial charge in [0, 0.05) is 32.7 Å².